The third-order valence-corrected chi connectivity index (χ3v) is 4.89. The van der Waals surface area contributed by atoms with Crippen LogP contribution in [0.25, 0.3) is 10.2 Å². The molecule has 0 N–H and O–H groups in total. The number of hydrogen-bond donors (Lipinski definition) is 0. The van der Waals surface area contributed by atoms with E-state index in [0.717, 1.165) is 24.4 Å². The number of halogens is 1. The van der Waals surface area contributed by atoms with Gasteiger partial charge < -0.3 is 4.90 Å². The zero-order valence-corrected chi connectivity index (χ0v) is 11.9. The van der Waals surface area contributed by atoms with Crippen molar-refractivity contribution in [3.63, 3.8) is 0 Å². The minimum absolute atomic E-state index is 0.580. The number of thiazole rings is 1. The van der Waals surface area contributed by atoms with Crippen molar-refractivity contribution in [1.29, 1.82) is 0 Å². The third kappa shape index (κ3) is 2.34. The van der Waals surface area contributed by atoms with Gasteiger partial charge in [-0.2, -0.15) is 0 Å². The lowest BCUT2D eigenvalue weighted by molar-refractivity contribution is 0.451. The fraction of sp³-hybridized carbons (Fsp3) is 0.500. The topological polar surface area (TPSA) is 16.1 Å². The molecule has 2 aromatic rings. The highest BCUT2D eigenvalue weighted by molar-refractivity contribution is 7.22. The molecule has 0 radical (unpaired) electrons. The smallest absolute Gasteiger partial charge is 0.186 e. The van der Waals surface area contributed by atoms with E-state index in [9.17, 15) is 0 Å². The van der Waals surface area contributed by atoms with Crippen LogP contribution in [0.4, 0.5) is 5.13 Å². The zero-order chi connectivity index (χ0) is 12.4. The number of nitrogens with zero attached hydrogens (tertiary/aromatic N) is 2. The molecule has 1 unspecified atom stereocenters. The highest BCUT2D eigenvalue weighted by atomic mass is 35.5. The zero-order valence-electron chi connectivity index (χ0n) is 10.3. The quantitative estimate of drug-likeness (QED) is 0.780. The Morgan fingerprint density at radius 3 is 3.06 bits per heavy atom. The van der Waals surface area contributed by atoms with Gasteiger partial charge >= 0.3 is 0 Å². The van der Waals surface area contributed by atoms with E-state index in [2.05, 4.69) is 29.2 Å². The molecule has 1 atom stereocenters. The maximum absolute atomic E-state index is 5.92. The molecule has 1 aromatic carbocycles. The van der Waals surface area contributed by atoms with Crippen LogP contribution < -0.4 is 4.90 Å². The number of para-hydroxylation sites is 1. The summed E-state index contributed by atoms with van der Waals surface area (Å²) in [5.41, 5.74) is 1.12. The summed E-state index contributed by atoms with van der Waals surface area (Å²) in [5, 5.41) is 1.17. The number of rotatable bonds is 3. The molecule has 4 heteroatoms. The van der Waals surface area contributed by atoms with E-state index in [1.807, 2.05) is 0 Å². The predicted molar refractivity (Wildman–Crippen MR) is 79.9 cm³/mol. The molecule has 1 aromatic heterocycles. The first-order valence-corrected chi connectivity index (χ1v) is 7.92. The summed E-state index contributed by atoms with van der Waals surface area (Å²) in [4.78, 5) is 7.24. The number of aromatic nitrogens is 1. The van der Waals surface area contributed by atoms with E-state index < -0.39 is 0 Å². The van der Waals surface area contributed by atoms with Gasteiger partial charge in [0.2, 0.25) is 0 Å². The number of alkyl halides is 1. The van der Waals surface area contributed by atoms with Crippen molar-refractivity contribution in [1.82, 2.24) is 4.98 Å². The van der Waals surface area contributed by atoms with E-state index in [0.29, 0.717) is 6.04 Å². The Labute approximate surface area is 117 Å². The lowest BCUT2D eigenvalue weighted by atomic mass is 10.0. The van der Waals surface area contributed by atoms with Crippen molar-refractivity contribution >= 4 is 38.3 Å². The summed E-state index contributed by atoms with van der Waals surface area (Å²) in [6, 6.07) is 8.96. The number of hydrogen-bond acceptors (Lipinski definition) is 3. The molecule has 3 rings (SSSR count). The van der Waals surface area contributed by atoms with Gasteiger partial charge in [0.25, 0.3) is 0 Å². The molecule has 1 saturated heterocycles. The monoisotopic (exact) mass is 280 g/mol. The van der Waals surface area contributed by atoms with Gasteiger partial charge in [-0.1, -0.05) is 23.5 Å². The first kappa shape index (κ1) is 12.2. The van der Waals surface area contributed by atoms with Gasteiger partial charge in [0.1, 0.15) is 0 Å². The van der Waals surface area contributed by atoms with E-state index in [-0.39, 0.29) is 0 Å². The molecular formula is C14H17ClN2S. The fourth-order valence-corrected chi connectivity index (χ4v) is 3.98. The van der Waals surface area contributed by atoms with Crippen LogP contribution in [0.2, 0.25) is 0 Å². The van der Waals surface area contributed by atoms with Gasteiger partial charge in [0.15, 0.2) is 5.13 Å². The lowest BCUT2D eigenvalue weighted by Gasteiger charge is -2.35. The van der Waals surface area contributed by atoms with Crippen LogP contribution in [-0.4, -0.2) is 23.5 Å². The maximum Gasteiger partial charge on any atom is 0.186 e. The summed E-state index contributed by atoms with van der Waals surface area (Å²) in [5.74, 6) is 0.742. The van der Waals surface area contributed by atoms with Gasteiger partial charge in [0, 0.05) is 18.5 Å². The molecule has 1 aliphatic heterocycles. The molecule has 0 aliphatic carbocycles. The van der Waals surface area contributed by atoms with E-state index in [1.54, 1.807) is 11.3 Å². The SMILES string of the molecule is ClCCC1CCCCN1c1nc2ccccc2s1. The Morgan fingerprint density at radius 1 is 1.33 bits per heavy atom. The van der Waals surface area contributed by atoms with Gasteiger partial charge in [0.05, 0.1) is 10.2 Å². The van der Waals surface area contributed by atoms with Crippen molar-refractivity contribution < 1.29 is 0 Å². The highest BCUT2D eigenvalue weighted by Gasteiger charge is 2.24. The van der Waals surface area contributed by atoms with Crippen molar-refractivity contribution in [2.24, 2.45) is 0 Å². The van der Waals surface area contributed by atoms with Gasteiger partial charge in [-0.05, 0) is 37.8 Å². The summed E-state index contributed by atoms with van der Waals surface area (Å²) >= 11 is 7.73. The normalized spacial score (nSPS) is 20.5. The van der Waals surface area contributed by atoms with Crippen LogP contribution in [0.1, 0.15) is 25.7 Å². The van der Waals surface area contributed by atoms with Crippen LogP contribution in [0.5, 0.6) is 0 Å². The number of fused-ring (bicyclic) bond motifs is 1. The van der Waals surface area contributed by atoms with Crippen molar-refractivity contribution in [2.75, 3.05) is 17.3 Å². The Balaban J connectivity index is 1.91. The first-order valence-electron chi connectivity index (χ1n) is 6.56. The molecule has 0 spiro atoms. The minimum atomic E-state index is 0.580. The van der Waals surface area contributed by atoms with Gasteiger partial charge in [-0.25, -0.2) is 4.98 Å². The number of piperidine rings is 1. The molecule has 0 amide bonds. The molecule has 1 fully saturated rings. The molecular weight excluding hydrogens is 264 g/mol. The maximum atomic E-state index is 5.92. The molecule has 96 valence electrons. The fourth-order valence-electron chi connectivity index (χ4n) is 2.66. The average molecular weight is 281 g/mol. The van der Waals surface area contributed by atoms with Crippen LogP contribution >= 0.6 is 22.9 Å². The largest absolute Gasteiger partial charge is 0.345 e. The predicted octanol–water partition coefficient (Wildman–Crippen LogP) is 4.28. The molecule has 0 bridgehead atoms. The second kappa shape index (κ2) is 5.45. The van der Waals surface area contributed by atoms with Crippen molar-refractivity contribution in [3.05, 3.63) is 24.3 Å². The Hall–Kier alpha value is -0.800. The van der Waals surface area contributed by atoms with Gasteiger partial charge in [-0.15, -0.1) is 11.6 Å². The molecule has 2 nitrogen and oxygen atoms in total. The lowest BCUT2D eigenvalue weighted by Crippen LogP contribution is -2.39. The first-order chi connectivity index (χ1) is 8.88. The minimum Gasteiger partial charge on any atom is -0.345 e. The van der Waals surface area contributed by atoms with Crippen LogP contribution in [-0.2, 0) is 0 Å². The summed E-state index contributed by atoms with van der Waals surface area (Å²) in [6.45, 7) is 1.13. The van der Waals surface area contributed by atoms with Crippen LogP contribution in [0.3, 0.4) is 0 Å². The standard InChI is InChI=1S/C14H17ClN2S/c15-9-8-11-5-3-4-10-17(11)14-16-12-6-1-2-7-13(12)18-14/h1-2,6-7,11H,3-5,8-10H2. The van der Waals surface area contributed by atoms with Crippen LogP contribution in [0.15, 0.2) is 24.3 Å². The van der Waals surface area contributed by atoms with E-state index in [1.165, 1.54) is 29.1 Å². The molecule has 1 aliphatic rings. The second-order valence-electron chi connectivity index (χ2n) is 4.78. The average Bonchev–Trinajstić information content (AvgIpc) is 2.83. The van der Waals surface area contributed by atoms with E-state index >= 15 is 0 Å². The summed E-state index contributed by atoms with van der Waals surface area (Å²) in [6.07, 6.45) is 4.91. The Morgan fingerprint density at radius 2 is 2.22 bits per heavy atom. The highest BCUT2D eigenvalue weighted by Crippen LogP contribution is 2.33. The Kier molecular flexibility index (Phi) is 3.71. The van der Waals surface area contributed by atoms with Crippen molar-refractivity contribution in [3.8, 4) is 0 Å². The number of benzene rings is 1. The van der Waals surface area contributed by atoms with E-state index in [4.69, 9.17) is 16.6 Å². The molecule has 18 heavy (non-hydrogen) atoms. The summed E-state index contributed by atoms with van der Waals surface area (Å²) in [7, 11) is 0. The number of anilines is 1. The van der Waals surface area contributed by atoms with Crippen LogP contribution in [0, 0.1) is 0 Å². The molecule has 2 heterocycles. The Bertz CT molecular complexity index is 490. The second-order valence-corrected chi connectivity index (χ2v) is 6.17. The van der Waals surface area contributed by atoms with Crippen molar-refractivity contribution in [2.45, 2.75) is 31.7 Å². The summed E-state index contributed by atoms with van der Waals surface area (Å²) < 4.78 is 1.28. The third-order valence-electron chi connectivity index (χ3n) is 3.60. The van der Waals surface area contributed by atoms with Gasteiger partial charge in [-0.3, -0.25) is 0 Å². The molecule has 0 saturated carbocycles.